The Morgan fingerprint density at radius 1 is 1.00 bits per heavy atom. The molecule has 0 spiro atoms. The van der Waals surface area contributed by atoms with Crippen molar-refractivity contribution in [1.29, 1.82) is 0 Å². The summed E-state index contributed by atoms with van der Waals surface area (Å²) in [5.41, 5.74) is 10.9. The molecule has 0 radical (unpaired) electrons. The van der Waals surface area contributed by atoms with Crippen LogP contribution < -0.4 is 5.73 Å². The maximum Gasteiger partial charge on any atom is 0.0554 e. The van der Waals surface area contributed by atoms with Crippen molar-refractivity contribution in [3.05, 3.63) is 69.7 Å². The Hall–Kier alpha value is -1.31. The summed E-state index contributed by atoms with van der Waals surface area (Å²) in [5, 5.41) is 0.730. The van der Waals surface area contributed by atoms with Crippen molar-refractivity contribution in [3.63, 3.8) is 0 Å². The molecule has 0 saturated carbocycles. The number of halogens is 1. The maximum absolute atomic E-state index is 6.28. The maximum atomic E-state index is 6.28. The van der Waals surface area contributed by atoms with Crippen LogP contribution in [0.4, 0.5) is 0 Å². The van der Waals surface area contributed by atoms with Crippen LogP contribution in [0.15, 0.2) is 42.5 Å². The highest BCUT2D eigenvalue weighted by Crippen LogP contribution is 2.25. The minimum atomic E-state index is -0.116. The van der Waals surface area contributed by atoms with Gasteiger partial charge in [0.15, 0.2) is 0 Å². The standard InChI is InChI=1S/C15H16ClN/c1-10-3-6-12(7-4-10)15(17)14-9-13(16)8-5-11(14)2/h3-9,15H,17H2,1-2H3. The summed E-state index contributed by atoms with van der Waals surface area (Å²) in [7, 11) is 0. The van der Waals surface area contributed by atoms with Crippen LogP contribution in [0.5, 0.6) is 0 Å². The Morgan fingerprint density at radius 2 is 1.65 bits per heavy atom. The topological polar surface area (TPSA) is 26.0 Å². The van der Waals surface area contributed by atoms with Crippen molar-refractivity contribution < 1.29 is 0 Å². The highest BCUT2D eigenvalue weighted by Gasteiger charge is 2.11. The first-order valence-electron chi connectivity index (χ1n) is 5.66. The van der Waals surface area contributed by atoms with Gasteiger partial charge in [-0.3, -0.25) is 0 Å². The molecule has 2 N–H and O–H groups in total. The summed E-state index contributed by atoms with van der Waals surface area (Å²) in [6.07, 6.45) is 0. The van der Waals surface area contributed by atoms with E-state index < -0.39 is 0 Å². The van der Waals surface area contributed by atoms with E-state index >= 15 is 0 Å². The van der Waals surface area contributed by atoms with E-state index in [9.17, 15) is 0 Å². The normalized spacial score (nSPS) is 12.5. The van der Waals surface area contributed by atoms with Gasteiger partial charge in [0.2, 0.25) is 0 Å². The summed E-state index contributed by atoms with van der Waals surface area (Å²) < 4.78 is 0. The molecule has 2 aromatic rings. The Morgan fingerprint density at radius 3 is 2.29 bits per heavy atom. The van der Waals surface area contributed by atoms with Crippen LogP contribution in [0.2, 0.25) is 5.02 Å². The van der Waals surface area contributed by atoms with Crippen LogP contribution in [0, 0.1) is 13.8 Å². The van der Waals surface area contributed by atoms with Gasteiger partial charge in [-0.1, -0.05) is 47.5 Å². The van der Waals surface area contributed by atoms with Gasteiger partial charge in [-0.25, -0.2) is 0 Å². The summed E-state index contributed by atoms with van der Waals surface area (Å²) in [6.45, 7) is 4.12. The van der Waals surface area contributed by atoms with E-state index in [1.807, 2.05) is 18.2 Å². The molecule has 2 aromatic carbocycles. The highest BCUT2D eigenvalue weighted by atomic mass is 35.5. The van der Waals surface area contributed by atoms with Gasteiger partial charge in [-0.15, -0.1) is 0 Å². The van der Waals surface area contributed by atoms with Gasteiger partial charge >= 0.3 is 0 Å². The monoisotopic (exact) mass is 245 g/mol. The van der Waals surface area contributed by atoms with Crippen LogP contribution in [0.3, 0.4) is 0 Å². The third-order valence-electron chi connectivity index (χ3n) is 3.01. The molecule has 1 unspecified atom stereocenters. The van der Waals surface area contributed by atoms with Crippen molar-refractivity contribution in [2.45, 2.75) is 19.9 Å². The first-order valence-corrected chi connectivity index (χ1v) is 6.04. The van der Waals surface area contributed by atoms with Crippen LogP contribution >= 0.6 is 11.6 Å². The predicted octanol–water partition coefficient (Wildman–Crippen LogP) is 4.00. The molecule has 1 atom stereocenters. The predicted molar refractivity (Wildman–Crippen MR) is 73.4 cm³/mol. The van der Waals surface area contributed by atoms with Crippen molar-refractivity contribution in [2.75, 3.05) is 0 Å². The van der Waals surface area contributed by atoms with Gasteiger partial charge in [0.1, 0.15) is 0 Å². The first kappa shape index (κ1) is 12.2. The quantitative estimate of drug-likeness (QED) is 0.850. The minimum Gasteiger partial charge on any atom is -0.320 e. The number of hydrogen-bond acceptors (Lipinski definition) is 1. The Balaban J connectivity index is 2.39. The van der Waals surface area contributed by atoms with Crippen molar-refractivity contribution >= 4 is 11.6 Å². The Labute approximate surface area is 107 Å². The number of aryl methyl sites for hydroxylation is 2. The smallest absolute Gasteiger partial charge is 0.0554 e. The molecule has 17 heavy (non-hydrogen) atoms. The minimum absolute atomic E-state index is 0.116. The Kier molecular flexibility index (Phi) is 3.51. The molecule has 0 amide bonds. The molecular formula is C15H16ClN. The molecule has 0 fully saturated rings. The van der Waals surface area contributed by atoms with E-state index in [2.05, 4.69) is 38.1 Å². The first-order chi connectivity index (χ1) is 8.08. The third kappa shape index (κ3) is 2.68. The van der Waals surface area contributed by atoms with Gasteiger partial charge in [-0.05, 0) is 42.7 Å². The van der Waals surface area contributed by atoms with Gasteiger partial charge in [0, 0.05) is 5.02 Å². The molecule has 0 aliphatic rings. The summed E-state index contributed by atoms with van der Waals surface area (Å²) >= 11 is 6.02. The van der Waals surface area contributed by atoms with Gasteiger partial charge in [0.25, 0.3) is 0 Å². The number of rotatable bonds is 2. The van der Waals surface area contributed by atoms with Crippen molar-refractivity contribution in [2.24, 2.45) is 5.73 Å². The molecule has 0 saturated heterocycles. The lowest BCUT2D eigenvalue weighted by Crippen LogP contribution is -2.13. The SMILES string of the molecule is Cc1ccc(C(N)c2cc(Cl)ccc2C)cc1. The van der Waals surface area contributed by atoms with E-state index in [0.29, 0.717) is 0 Å². The van der Waals surface area contributed by atoms with Crippen LogP contribution in [0.25, 0.3) is 0 Å². The summed E-state index contributed by atoms with van der Waals surface area (Å²) in [6, 6.07) is 14.0. The summed E-state index contributed by atoms with van der Waals surface area (Å²) in [5.74, 6) is 0. The van der Waals surface area contributed by atoms with Gasteiger partial charge in [0.05, 0.1) is 6.04 Å². The Bertz CT molecular complexity index is 517. The molecular weight excluding hydrogens is 230 g/mol. The third-order valence-corrected chi connectivity index (χ3v) is 3.25. The largest absolute Gasteiger partial charge is 0.320 e. The zero-order chi connectivity index (χ0) is 12.4. The molecule has 0 aliphatic heterocycles. The fourth-order valence-corrected chi connectivity index (χ4v) is 2.08. The van der Waals surface area contributed by atoms with Gasteiger partial charge in [-0.2, -0.15) is 0 Å². The lowest BCUT2D eigenvalue weighted by atomic mass is 9.95. The van der Waals surface area contributed by atoms with Crippen molar-refractivity contribution in [3.8, 4) is 0 Å². The van der Waals surface area contributed by atoms with E-state index in [0.717, 1.165) is 16.1 Å². The fraction of sp³-hybridized carbons (Fsp3) is 0.200. The van der Waals surface area contributed by atoms with Crippen LogP contribution in [-0.4, -0.2) is 0 Å². The average Bonchev–Trinajstić information content (AvgIpc) is 2.32. The molecule has 1 nitrogen and oxygen atoms in total. The molecule has 0 heterocycles. The van der Waals surface area contributed by atoms with E-state index in [1.54, 1.807) is 0 Å². The van der Waals surface area contributed by atoms with Crippen molar-refractivity contribution in [1.82, 2.24) is 0 Å². The average molecular weight is 246 g/mol. The summed E-state index contributed by atoms with van der Waals surface area (Å²) in [4.78, 5) is 0. The second-order valence-electron chi connectivity index (χ2n) is 4.39. The molecule has 0 aliphatic carbocycles. The number of nitrogens with two attached hydrogens (primary N) is 1. The second kappa shape index (κ2) is 4.91. The lowest BCUT2D eigenvalue weighted by molar-refractivity contribution is 0.861. The number of benzene rings is 2. The molecule has 0 bridgehead atoms. The fourth-order valence-electron chi connectivity index (χ4n) is 1.90. The zero-order valence-corrected chi connectivity index (χ0v) is 10.8. The second-order valence-corrected chi connectivity index (χ2v) is 4.83. The zero-order valence-electron chi connectivity index (χ0n) is 10.1. The lowest BCUT2D eigenvalue weighted by Gasteiger charge is -2.15. The molecule has 88 valence electrons. The van der Waals surface area contributed by atoms with E-state index in [1.165, 1.54) is 11.1 Å². The molecule has 2 rings (SSSR count). The highest BCUT2D eigenvalue weighted by molar-refractivity contribution is 6.30. The molecule has 0 aromatic heterocycles. The van der Waals surface area contributed by atoms with Crippen LogP contribution in [-0.2, 0) is 0 Å². The van der Waals surface area contributed by atoms with E-state index in [4.69, 9.17) is 17.3 Å². The number of hydrogen-bond donors (Lipinski definition) is 1. The molecule has 2 heteroatoms. The van der Waals surface area contributed by atoms with Crippen LogP contribution in [0.1, 0.15) is 28.3 Å². The van der Waals surface area contributed by atoms with E-state index in [-0.39, 0.29) is 6.04 Å². The van der Waals surface area contributed by atoms with Gasteiger partial charge < -0.3 is 5.73 Å².